The number of amides is 2. The van der Waals surface area contributed by atoms with Crippen LogP contribution >= 0.6 is 0 Å². The van der Waals surface area contributed by atoms with Gasteiger partial charge in [0.05, 0.1) is 0 Å². The molecule has 4 nitrogen and oxygen atoms in total. The summed E-state index contributed by atoms with van der Waals surface area (Å²) in [5, 5.41) is 3.00. The summed E-state index contributed by atoms with van der Waals surface area (Å²) < 4.78 is 0. The summed E-state index contributed by atoms with van der Waals surface area (Å²) in [6, 6.07) is 29.8. The van der Waals surface area contributed by atoms with Gasteiger partial charge in [-0.2, -0.15) is 0 Å². The van der Waals surface area contributed by atoms with Gasteiger partial charge in [-0.15, -0.1) is 0 Å². The second kappa shape index (κ2) is 12.7. The Labute approximate surface area is 204 Å². The molecule has 1 unspecified atom stereocenters. The molecular formula is C30H36N2O2. The quantitative estimate of drug-likeness (QED) is 0.418. The van der Waals surface area contributed by atoms with Gasteiger partial charge in [-0.3, -0.25) is 9.59 Å². The minimum absolute atomic E-state index is 0.0131. The van der Waals surface area contributed by atoms with E-state index in [0.717, 1.165) is 16.7 Å². The summed E-state index contributed by atoms with van der Waals surface area (Å²) >= 11 is 0. The van der Waals surface area contributed by atoms with Crippen LogP contribution in [-0.2, 0) is 16.0 Å². The van der Waals surface area contributed by atoms with Crippen molar-refractivity contribution >= 4 is 11.8 Å². The van der Waals surface area contributed by atoms with Gasteiger partial charge in [-0.1, -0.05) is 105 Å². The molecule has 1 atom stereocenters. The summed E-state index contributed by atoms with van der Waals surface area (Å²) in [5.74, 6) is 0.164. The molecule has 178 valence electrons. The number of hydrogen-bond acceptors (Lipinski definition) is 2. The smallest absolute Gasteiger partial charge is 0.242 e. The Morgan fingerprint density at radius 1 is 0.765 bits per heavy atom. The fraction of sp³-hybridized carbons (Fsp3) is 0.333. The standard InChI is InChI=1S/C30H36N2O2/c1-23(2)22-31-30(34)24(3)32(20-19-25-13-7-4-8-14-25)29(33)21-28(26-15-9-5-10-16-26)27-17-11-6-12-18-27/h4-18,23-24,28H,19-22H2,1-3H3,(H,31,34). The van der Waals surface area contributed by atoms with Gasteiger partial charge in [0.25, 0.3) is 0 Å². The van der Waals surface area contributed by atoms with E-state index in [1.54, 1.807) is 4.90 Å². The highest BCUT2D eigenvalue weighted by Crippen LogP contribution is 2.29. The van der Waals surface area contributed by atoms with Gasteiger partial charge in [0, 0.05) is 25.4 Å². The average Bonchev–Trinajstić information content (AvgIpc) is 2.87. The molecule has 0 saturated carbocycles. The van der Waals surface area contributed by atoms with Crippen LogP contribution in [0, 0.1) is 5.92 Å². The number of benzene rings is 3. The van der Waals surface area contributed by atoms with Crippen molar-refractivity contribution in [3.63, 3.8) is 0 Å². The predicted molar refractivity (Wildman–Crippen MR) is 139 cm³/mol. The minimum Gasteiger partial charge on any atom is -0.354 e. The SMILES string of the molecule is CC(C)CNC(=O)C(C)N(CCc1ccccc1)C(=O)CC(c1ccccc1)c1ccccc1. The van der Waals surface area contributed by atoms with Crippen LogP contribution in [0.15, 0.2) is 91.0 Å². The molecule has 1 N–H and O–H groups in total. The molecule has 0 aliphatic rings. The molecule has 2 amide bonds. The van der Waals surface area contributed by atoms with Gasteiger partial charge in [-0.05, 0) is 36.0 Å². The zero-order valence-electron chi connectivity index (χ0n) is 20.5. The van der Waals surface area contributed by atoms with Crippen molar-refractivity contribution in [3.05, 3.63) is 108 Å². The molecule has 3 aromatic carbocycles. The fourth-order valence-electron chi connectivity index (χ4n) is 4.11. The van der Waals surface area contributed by atoms with Gasteiger partial charge in [0.1, 0.15) is 6.04 Å². The Bertz CT molecular complexity index is 980. The van der Waals surface area contributed by atoms with Crippen LogP contribution in [-0.4, -0.2) is 35.8 Å². The van der Waals surface area contributed by atoms with Crippen LogP contribution in [0.1, 0.15) is 49.8 Å². The molecule has 0 fully saturated rings. The molecule has 3 rings (SSSR count). The first-order chi connectivity index (χ1) is 16.5. The molecule has 3 aromatic rings. The molecule has 0 aliphatic heterocycles. The van der Waals surface area contributed by atoms with E-state index < -0.39 is 6.04 Å². The predicted octanol–water partition coefficient (Wildman–Crippen LogP) is 5.44. The van der Waals surface area contributed by atoms with Crippen LogP contribution in [0.25, 0.3) is 0 Å². The van der Waals surface area contributed by atoms with E-state index in [9.17, 15) is 9.59 Å². The molecule has 0 bridgehead atoms. The molecule has 0 heterocycles. The van der Waals surface area contributed by atoms with Gasteiger partial charge in [0.15, 0.2) is 0 Å². The van der Waals surface area contributed by atoms with Crippen molar-refractivity contribution in [3.8, 4) is 0 Å². The van der Waals surface area contributed by atoms with E-state index in [4.69, 9.17) is 0 Å². The Kier molecular flexibility index (Phi) is 9.45. The Morgan fingerprint density at radius 3 is 1.76 bits per heavy atom. The third kappa shape index (κ3) is 7.31. The molecule has 0 radical (unpaired) electrons. The third-order valence-electron chi connectivity index (χ3n) is 6.12. The summed E-state index contributed by atoms with van der Waals surface area (Å²) in [5.41, 5.74) is 3.35. The summed E-state index contributed by atoms with van der Waals surface area (Å²) in [6.45, 7) is 7.05. The zero-order valence-corrected chi connectivity index (χ0v) is 20.5. The zero-order chi connectivity index (χ0) is 24.3. The molecule has 0 aromatic heterocycles. The third-order valence-corrected chi connectivity index (χ3v) is 6.12. The van der Waals surface area contributed by atoms with E-state index in [1.165, 1.54) is 0 Å². The van der Waals surface area contributed by atoms with Gasteiger partial charge >= 0.3 is 0 Å². The molecule has 4 heteroatoms. The van der Waals surface area contributed by atoms with E-state index >= 15 is 0 Å². The maximum atomic E-state index is 13.8. The van der Waals surface area contributed by atoms with E-state index in [0.29, 0.717) is 31.8 Å². The Hall–Kier alpha value is -3.40. The van der Waals surface area contributed by atoms with Crippen molar-refractivity contribution in [1.29, 1.82) is 0 Å². The minimum atomic E-state index is -0.540. The van der Waals surface area contributed by atoms with Crippen molar-refractivity contribution in [2.45, 2.75) is 45.6 Å². The van der Waals surface area contributed by atoms with E-state index in [2.05, 4.69) is 55.6 Å². The highest BCUT2D eigenvalue weighted by molar-refractivity contribution is 5.87. The summed E-state index contributed by atoms with van der Waals surface area (Å²) in [6.07, 6.45) is 1.01. The normalized spacial score (nSPS) is 11.9. The maximum absolute atomic E-state index is 13.8. The second-order valence-corrected chi connectivity index (χ2v) is 9.22. The van der Waals surface area contributed by atoms with E-state index in [1.807, 2.05) is 61.5 Å². The van der Waals surface area contributed by atoms with Crippen molar-refractivity contribution in [2.75, 3.05) is 13.1 Å². The topological polar surface area (TPSA) is 49.4 Å². The second-order valence-electron chi connectivity index (χ2n) is 9.22. The van der Waals surface area contributed by atoms with Gasteiger partial charge in [-0.25, -0.2) is 0 Å². The summed E-state index contributed by atoms with van der Waals surface area (Å²) in [4.78, 5) is 28.4. The lowest BCUT2D eigenvalue weighted by atomic mass is 9.88. The average molecular weight is 457 g/mol. The molecule has 34 heavy (non-hydrogen) atoms. The molecular weight excluding hydrogens is 420 g/mol. The Balaban J connectivity index is 1.83. The summed E-state index contributed by atoms with van der Waals surface area (Å²) in [7, 11) is 0. The van der Waals surface area contributed by atoms with Gasteiger partial charge < -0.3 is 10.2 Å². The molecule has 0 aliphatic carbocycles. The lowest BCUT2D eigenvalue weighted by Crippen LogP contribution is -2.49. The number of carbonyl (C=O) groups is 2. The highest BCUT2D eigenvalue weighted by atomic mass is 16.2. The number of nitrogens with zero attached hydrogens (tertiary/aromatic N) is 1. The first-order valence-corrected chi connectivity index (χ1v) is 12.2. The van der Waals surface area contributed by atoms with Crippen LogP contribution < -0.4 is 5.32 Å². The van der Waals surface area contributed by atoms with Crippen molar-refractivity contribution in [1.82, 2.24) is 10.2 Å². The maximum Gasteiger partial charge on any atom is 0.242 e. The number of nitrogens with one attached hydrogen (secondary N) is 1. The fourth-order valence-corrected chi connectivity index (χ4v) is 4.11. The Morgan fingerprint density at radius 2 is 1.26 bits per heavy atom. The van der Waals surface area contributed by atoms with Crippen LogP contribution in [0.5, 0.6) is 0 Å². The number of hydrogen-bond donors (Lipinski definition) is 1. The molecule has 0 saturated heterocycles. The van der Waals surface area contributed by atoms with Gasteiger partial charge in [0.2, 0.25) is 11.8 Å². The van der Waals surface area contributed by atoms with Crippen molar-refractivity contribution < 1.29 is 9.59 Å². The van der Waals surface area contributed by atoms with Crippen LogP contribution in [0.2, 0.25) is 0 Å². The van der Waals surface area contributed by atoms with Crippen LogP contribution in [0.3, 0.4) is 0 Å². The monoisotopic (exact) mass is 456 g/mol. The first-order valence-electron chi connectivity index (χ1n) is 12.2. The van der Waals surface area contributed by atoms with E-state index in [-0.39, 0.29) is 17.7 Å². The molecule has 0 spiro atoms. The number of carbonyl (C=O) groups excluding carboxylic acids is 2. The lowest BCUT2D eigenvalue weighted by Gasteiger charge is -2.31. The number of rotatable bonds is 11. The van der Waals surface area contributed by atoms with Crippen LogP contribution in [0.4, 0.5) is 0 Å². The largest absolute Gasteiger partial charge is 0.354 e. The highest BCUT2D eigenvalue weighted by Gasteiger charge is 2.28. The first kappa shape index (κ1) is 25.2. The van der Waals surface area contributed by atoms with Crippen molar-refractivity contribution in [2.24, 2.45) is 5.92 Å². The lowest BCUT2D eigenvalue weighted by molar-refractivity contribution is -0.140.